The van der Waals surface area contributed by atoms with Gasteiger partial charge in [0.1, 0.15) is 0 Å². The van der Waals surface area contributed by atoms with Crippen LogP contribution in [0.4, 0.5) is 5.69 Å². The Bertz CT molecular complexity index is 1190. The number of anilines is 1. The third-order valence-corrected chi connectivity index (χ3v) is 6.07. The topological polar surface area (TPSA) is 93.9 Å². The molecule has 35 heavy (non-hydrogen) atoms. The van der Waals surface area contributed by atoms with Crippen LogP contribution in [0.15, 0.2) is 66.7 Å². The molecule has 1 saturated carbocycles. The second kappa shape index (κ2) is 11.1. The van der Waals surface area contributed by atoms with Gasteiger partial charge in [-0.25, -0.2) is 0 Å². The fourth-order valence-electron chi connectivity index (χ4n) is 3.97. The molecule has 0 heterocycles. The van der Waals surface area contributed by atoms with Gasteiger partial charge >= 0.3 is 0 Å². The molecule has 1 aliphatic carbocycles. The molecule has 182 valence electrons. The van der Waals surface area contributed by atoms with Crippen molar-refractivity contribution < 1.29 is 19.1 Å². The molecule has 7 nitrogen and oxygen atoms in total. The Morgan fingerprint density at radius 2 is 1.57 bits per heavy atom. The van der Waals surface area contributed by atoms with Gasteiger partial charge in [-0.1, -0.05) is 36.4 Å². The van der Waals surface area contributed by atoms with Gasteiger partial charge in [0, 0.05) is 36.8 Å². The van der Waals surface area contributed by atoms with Gasteiger partial charge in [0.2, 0.25) is 5.91 Å². The molecule has 1 aliphatic rings. The Hall–Kier alpha value is -3.84. The first-order chi connectivity index (χ1) is 17.0. The summed E-state index contributed by atoms with van der Waals surface area (Å²) in [5.41, 5.74) is 10.0. The molecule has 0 spiro atoms. The zero-order valence-corrected chi connectivity index (χ0v) is 20.1. The average Bonchev–Trinajstić information content (AvgIpc) is 3.74. The second-order valence-electron chi connectivity index (χ2n) is 8.71. The van der Waals surface area contributed by atoms with E-state index in [4.69, 9.17) is 15.2 Å². The molecule has 0 aliphatic heterocycles. The molecule has 3 aromatic carbocycles. The SMILES string of the molecule is COc1ccc(C(=O)Nc2ccc(CN(Cc3cccc(CN)c3)C(=O)C3CC3)cc2)cc1OC. The van der Waals surface area contributed by atoms with Crippen LogP contribution < -0.4 is 20.5 Å². The first kappa shape index (κ1) is 24.3. The molecular formula is C28H31N3O4. The molecule has 0 atom stereocenters. The van der Waals surface area contributed by atoms with E-state index in [1.54, 1.807) is 25.3 Å². The summed E-state index contributed by atoms with van der Waals surface area (Å²) >= 11 is 0. The maximum atomic E-state index is 13.0. The first-order valence-corrected chi connectivity index (χ1v) is 11.7. The van der Waals surface area contributed by atoms with Crippen LogP contribution in [0.1, 0.15) is 39.9 Å². The molecule has 1 fully saturated rings. The molecule has 0 saturated heterocycles. The summed E-state index contributed by atoms with van der Waals surface area (Å²) in [6, 6.07) is 20.7. The molecule has 2 amide bonds. The van der Waals surface area contributed by atoms with Crippen molar-refractivity contribution in [3.8, 4) is 11.5 Å². The van der Waals surface area contributed by atoms with Crippen molar-refractivity contribution in [2.45, 2.75) is 32.5 Å². The second-order valence-corrected chi connectivity index (χ2v) is 8.71. The van der Waals surface area contributed by atoms with E-state index in [1.807, 2.05) is 47.4 Å². The van der Waals surface area contributed by atoms with Crippen molar-refractivity contribution in [2.24, 2.45) is 11.7 Å². The summed E-state index contributed by atoms with van der Waals surface area (Å²) < 4.78 is 10.5. The van der Waals surface area contributed by atoms with Gasteiger partial charge in [-0.15, -0.1) is 0 Å². The summed E-state index contributed by atoms with van der Waals surface area (Å²) in [5, 5.41) is 2.90. The van der Waals surface area contributed by atoms with Crippen LogP contribution in [-0.2, 0) is 24.4 Å². The number of carbonyl (C=O) groups excluding carboxylic acids is 2. The Balaban J connectivity index is 1.43. The minimum Gasteiger partial charge on any atom is -0.493 e. The molecule has 4 rings (SSSR count). The summed E-state index contributed by atoms with van der Waals surface area (Å²) in [5.74, 6) is 1.13. The highest BCUT2D eigenvalue weighted by Gasteiger charge is 2.33. The third-order valence-electron chi connectivity index (χ3n) is 6.07. The zero-order valence-electron chi connectivity index (χ0n) is 20.1. The van der Waals surface area contributed by atoms with Crippen molar-refractivity contribution in [3.63, 3.8) is 0 Å². The molecule has 3 aromatic rings. The van der Waals surface area contributed by atoms with Crippen LogP contribution in [0.25, 0.3) is 0 Å². The van der Waals surface area contributed by atoms with Crippen LogP contribution in [0.5, 0.6) is 11.5 Å². The predicted octanol–water partition coefficient (Wildman–Crippen LogP) is 4.35. The maximum absolute atomic E-state index is 13.0. The van der Waals surface area contributed by atoms with Gasteiger partial charge in [-0.3, -0.25) is 9.59 Å². The van der Waals surface area contributed by atoms with Crippen molar-refractivity contribution >= 4 is 17.5 Å². The van der Waals surface area contributed by atoms with Crippen LogP contribution >= 0.6 is 0 Å². The Morgan fingerprint density at radius 3 is 2.23 bits per heavy atom. The number of benzene rings is 3. The summed E-state index contributed by atoms with van der Waals surface area (Å²) in [6.45, 7) is 1.52. The predicted molar refractivity (Wildman–Crippen MR) is 135 cm³/mol. The van der Waals surface area contributed by atoms with E-state index in [0.717, 1.165) is 29.5 Å². The normalized spacial score (nSPS) is 12.7. The van der Waals surface area contributed by atoms with E-state index in [-0.39, 0.29) is 17.7 Å². The monoisotopic (exact) mass is 473 g/mol. The van der Waals surface area contributed by atoms with E-state index in [9.17, 15) is 9.59 Å². The number of hydrogen-bond acceptors (Lipinski definition) is 5. The number of hydrogen-bond donors (Lipinski definition) is 2. The van der Waals surface area contributed by atoms with Crippen molar-refractivity contribution in [3.05, 3.63) is 89.0 Å². The fraction of sp³-hybridized carbons (Fsp3) is 0.286. The largest absolute Gasteiger partial charge is 0.493 e. The van der Waals surface area contributed by atoms with E-state index in [2.05, 4.69) is 11.4 Å². The van der Waals surface area contributed by atoms with Crippen molar-refractivity contribution in [1.29, 1.82) is 0 Å². The van der Waals surface area contributed by atoms with Gasteiger partial charge < -0.3 is 25.4 Å². The summed E-state index contributed by atoms with van der Waals surface area (Å²) in [7, 11) is 3.08. The van der Waals surface area contributed by atoms with Gasteiger partial charge in [0.15, 0.2) is 11.5 Å². The highest BCUT2D eigenvalue weighted by Crippen LogP contribution is 2.32. The molecule has 7 heteroatoms. The first-order valence-electron chi connectivity index (χ1n) is 11.7. The van der Waals surface area contributed by atoms with Crippen molar-refractivity contribution in [1.82, 2.24) is 4.90 Å². The van der Waals surface area contributed by atoms with E-state index in [1.165, 1.54) is 7.11 Å². The van der Waals surface area contributed by atoms with Crippen molar-refractivity contribution in [2.75, 3.05) is 19.5 Å². The lowest BCUT2D eigenvalue weighted by molar-refractivity contribution is -0.133. The van der Waals surface area contributed by atoms with Gasteiger partial charge in [-0.2, -0.15) is 0 Å². The third kappa shape index (κ3) is 6.19. The molecular weight excluding hydrogens is 442 g/mol. The Kier molecular flexibility index (Phi) is 7.67. The summed E-state index contributed by atoms with van der Waals surface area (Å²) in [6.07, 6.45) is 1.92. The lowest BCUT2D eigenvalue weighted by Crippen LogP contribution is -2.31. The standard InChI is InChI=1S/C28H31N3O4/c1-34-25-13-10-23(15-26(25)35-2)27(32)30-24-11-6-19(7-12-24)17-31(28(33)22-8-9-22)18-21-5-3-4-20(14-21)16-29/h3-7,10-15,22H,8-9,16-18,29H2,1-2H3,(H,30,32). The number of nitrogens with zero attached hydrogens (tertiary/aromatic N) is 1. The van der Waals surface area contributed by atoms with Crippen LogP contribution in [0, 0.1) is 5.92 Å². The Labute approximate surface area is 205 Å². The van der Waals surface area contributed by atoms with E-state index < -0.39 is 0 Å². The number of methoxy groups -OCH3 is 2. The lowest BCUT2D eigenvalue weighted by Gasteiger charge is -2.23. The van der Waals surface area contributed by atoms with Crippen LogP contribution in [-0.4, -0.2) is 30.9 Å². The minimum absolute atomic E-state index is 0.132. The van der Waals surface area contributed by atoms with Crippen LogP contribution in [0.2, 0.25) is 0 Å². The quantitative estimate of drug-likeness (QED) is 0.457. The zero-order chi connectivity index (χ0) is 24.8. The minimum atomic E-state index is -0.246. The van der Waals surface area contributed by atoms with E-state index >= 15 is 0 Å². The maximum Gasteiger partial charge on any atom is 0.255 e. The van der Waals surface area contributed by atoms with Crippen LogP contribution in [0.3, 0.4) is 0 Å². The lowest BCUT2D eigenvalue weighted by atomic mass is 10.1. The summed E-state index contributed by atoms with van der Waals surface area (Å²) in [4.78, 5) is 27.6. The van der Waals surface area contributed by atoms with Gasteiger partial charge in [0.05, 0.1) is 14.2 Å². The number of nitrogens with two attached hydrogens (primary N) is 1. The molecule has 0 unspecified atom stereocenters. The van der Waals surface area contributed by atoms with Gasteiger partial charge in [-0.05, 0) is 59.9 Å². The Morgan fingerprint density at radius 1 is 0.886 bits per heavy atom. The molecule has 0 aromatic heterocycles. The highest BCUT2D eigenvalue weighted by atomic mass is 16.5. The number of ether oxygens (including phenoxy) is 2. The number of amides is 2. The number of carbonyl (C=O) groups is 2. The number of rotatable bonds is 10. The smallest absolute Gasteiger partial charge is 0.255 e. The van der Waals surface area contributed by atoms with E-state index in [0.29, 0.717) is 42.4 Å². The van der Waals surface area contributed by atoms with Gasteiger partial charge in [0.25, 0.3) is 5.91 Å². The molecule has 3 N–H and O–H groups in total. The fourth-order valence-corrected chi connectivity index (χ4v) is 3.97. The molecule has 0 radical (unpaired) electrons. The highest BCUT2D eigenvalue weighted by molar-refractivity contribution is 6.04. The molecule has 0 bridgehead atoms. The average molecular weight is 474 g/mol. The number of nitrogens with one attached hydrogen (secondary N) is 1.